The van der Waals surface area contributed by atoms with Crippen molar-refractivity contribution in [1.82, 2.24) is 0 Å². The van der Waals surface area contributed by atoms with E-state index >= 15 is 0 Å². The van der Waals surface area contributed by atoms with Gasteiger partial charge in [0.15, 0.2) is 0 Å². The minimum absolute atomic E-state index is 0.0553. The topological polar surface area (TPSA) is 72.2 Å². The van der Waals surface area contributed by atoms with Gasteiger partial charge < -0.3 is 5.32 Å². The summed E-state index contributed by atoms with van der Waals surface area (Å²) >= 11 is 0. The number of hydrogen-bond donors (Lipinski definition) is 1. The number of anilines is 1. The lowest BCUT2D eigenvalue weighted by atomic mass is 9.99. The van der Waals surface area contributed by atoms with Crippen molar-refractivity contribution in [3.05, 3.63) is 119 Å². The molecular weight excluding hydrogens is 376 g/mol. The van der Waals surface area contributed by atoms with Gasteiger partial charge in [-0.1, -0.05) is 60.7 Å². The molecule has 146 valence electrons. The number of nitrogens with one attached hydrogen (secondary N) is 1. The van der Waals surface area contributed by atoms with Crippen molar-refractivity contribution in [2.24, 2.45) is 0 Å². The van der Waals surface area contributed by atoms with Gasteiger partial charge in [0, 0.05) is 23.4 Å². The number of nitro benzene ring substituents is 1. The highest BCUT2D eigenvalue weighted by Gasteiger charge is 2.12. The largest absolute Gasteiger partial charge is 0.322 e. The molecule has 0 fully saturated rings. The Kier molecular flexibility index (Phi) is 5.35. The van der Waals surface area contributed by atoms with Crippen LogP contribution in [0, 0.1) is 10.1 Å². The summed E-state index contributed by atoms with van der Waals surface area (Å²) in [6, 6.07) is 31.1. The highest BCUT2D eigenvalue weighted by Crippen LogP contribution is 2.26. The Morgan fingerprint density at radius 3 is 1.87 bits per heavy atom. The first-order valence-electron chi connectivity index (χ1n) is 9.42. The Morgan fingerprint density at radius 2 is 1.23 bits per heavy atom. The van der Waals surface area contributed by atoms with Gasteiger partial charge in [0.2, 0.25) is 0 Å². The third kappa shape index (κ3) is 4.10. The van der Waals surface area contributed by atoms with E-state index in [9.17, 15) is 14.9 Å². The Balaban J connectivity index is 1.53. The molecule has 4 aromatic carbocycles. The average molecular weight is 394 g/mol. The van der Waals surface area contributed by atoms with Crippen LogP contribution in [-0.2, 0) is 0 Å². The summed E-state index contributed by atoms with van der Waals surface area (Å²) in [5.41, 5.74) is 4.96. The standard InChI is InChI=1S/C25H18N2O3/c28-25(24-9-5-4-8-23(24)20-6-2-1-3-7-20)26-21-14-10-18(11-15-21)19-12-16-22(17-13-19)27(29)30/h1-17H,(H,26,28). The van der Waals surface area contributed by atoms with E-state index < -0.39 is 4.92 Å². The van der Waals surface area contributed by atoms with Crippen molar-refractivity contribution in [2.45, 2.75) is 0 Å². The average Bonchev–Trinajstić information content (AvgIpc) is 2.80. The maximum Gasteiger partial charge on any atom is 0.269 e. The first-order chi connectivity index (χ1) is 14.6. The van der Waals surface area contributed by atoms with Gasteiger partial charge in [-0.25, -0.2) is 0 Å². The summed E-state index contributed by atoms with van der Waals surface area (Å²) in [5.74, 6) is -0.183. The smallest absolute Gasteiger partial charge is 0.269 e. The molecule has 0 bridgehead atoms. The molecule has 1 N–H and O–H groups in total. The Morgan fingerprint density at radius 1 is 0.667 bits per heavy atom. The summed E-state index contributed by atoms with van der Waals surface area (Å²) < 4.78 is 0. The van der Waals surface area contributed by atoms with E-state index in [1.54, 1.807) is 12.1 Å². The molecule has 0 aliphatic rings. The van der Waals surface area contributed by atoms with Crippen LogP contribution in [0.1, 0.15) is 10.4 Å². The van der Waals surface area contributed by atoms with Crippen molar-refractivity contribution in [2.75, 3.05) is 5.32 Å². The van der Waals surface area contributed by atoms with Gasteiger partial charge in [-0.2, -0.15) is 0 Å². The molecule has 0 heterocycles. The molecule has 4 aromatic rings. The summed E-state index contributed by atoms with van der Waals surface area (Å²) in [7, 11) is 0. The van der Waals surface area contributed by atoms with Gasteiger partial charge in [0.1, 0.15) is 0 Å². The quantitative estimate of drug-likeness (QED) is 0.324. The van der Waals surface area contributed by atoms with Crippen LogP contribution < -0.4 is 5.32 Å². The number of carbonyl (C=O) groups is 1. The number of carbonyl (C=O) groups excluding carboxylic acids is 1. The van der Waals surface area contributed by atoms with Crippen LogP contribution in [0.2, 0.25) is 0 Å². The van der Waals surface area contributed by atoms with Gasteiger partial charge in [-0.05, 0) is 52.6 Å². The zero-order chi connectivity index (χ0) is 20.9. The van der Waals surface area contributed by atoms with Gasteiger partial charge in [-0.3, -0.25) is 14.9 Å². The predicted molar refractivity (Wildman–Crippen MR) is 118 cm³/mol. The van der Waals surface area contributed by atoms with Crippen molar-refractivity contribution in [3.8, 4) is 22.3 Å². The van der Waals surface area contributed by atoms with Crippen LogP contribution >= 0.6 is 0 Å². The number of benzene rings is 4. The van der Waals surface area contributed by atoms with Crippen molar-refractivity contribution < 1.29 is 9.72 Å². The minimum Gasteiger partial charge on any atom is -0.322 e. The molecule has 0 aromatic heterocycles. The zero-order valence-corrected chi connectivity index (χ0v) is 16.0. The predicted octanol–water partition coefficient (Wildman–Crippen LogP) is 6.18. The number of nitro groups is 1. The maximum absolute atomic E-state index is 12.9. The lowest BCUT2D eigenvalue weighted by Gasteiger charge is -2.11. The number of nitrogens with zero attached hydrogens (tertiary/aromatic N) is 1. The normalized spacial score (nSPS) is 10.4. The molecule has 0 atom stereocenters. The van der Waals surface area contributed by atoms with Crippen LogP contribution in [-0.4, -0.2) is 10.8 Å². The lowest BCUT2D eigenvalue weighted by Crippen LogP contribution is -2.13. The van der Waals surface area contributed by atoms with Crippen LogP contribution in [0.5, 0.6) is 0 Å². The fourth-order valence-corrected chi connectivity index (χ4v) is 3.27. The third-order valence-corrected chi connectivity index (χ3v) is 4.81. The molecule has 0 radical (unpaired) electrons. The summed E-state index contributed by atoms with van der Waals surface area (Å²) in [6.07, 6.45) is 0. The summed E-state index contributed by atoms with van der Waals surface area (Å²) in [5, 5.41) is 13.7. The van der Waals surface area contributed by atoms with Gasteiger partial charge in [0.05, 0.1) is 4.92 Å². The van der Waals surface area contributed by atoms with Gasteiger partial charge in [-0.15, -0.1) is 0 Å². The number of rotatable bonds is 5. The van der Waals surface area contributed by atoms with Crippen LogP contribution in [0.3, 0.4) is 0 Å². The second kappa shape index (κ2) is 8.41. The molecule has 0 saturated heterocycles. The Bertz CT molecular complexity index is 1190. The molecule has 4 rings (SSSR count). The fourth-order valence-electron chi connectivity index (χ4n) is 3.27. The SMILES string of the molecule is O=C(Nc1ccc(-c2ccc([N+](=O)[O-])cc2)cc1)c1ccccc1-c1ccccc1. The first kappa shape index (κ1) is 19.1. The van der Waals surface area contributed by atoms with E-state index in [1.807, 2.05) is 78.9 Å². The summed E-state index contributed by atoms with van der Waals surface area (Å²) in [6.45, 7) is 0. The van der Waals surface area contributed by atoms with E-state index in [0.29, 0.717) is 11.3 Å². The summed E-state index contributed by atoms with van der Waals surface area (Å²) in [4.78, 5) is 23.3. The van der Waals surface area contributed by atoms with Crippen molar-refractivity contribution >= 4 is 17.3 Å². The molecule has 0 aliphatic heterocycles. The van der Waals surface area contributed by atoms with E-state index in [2.05, 4.69) is 5.32 Å². The van der Waals surface area contributed by atoms with Crippen LogP contribution in [0.4, 0.5) is 11.4 Å². The second-order valence-corrected chi connectivity index (χ2v) is 6.75. The highest BCUT2D eigenvalue weighted by atomic mass is 16.6. The first-order valence-corrected chi connectivity index (χ1v) is 9.42. The molecule has 0 spiro atoms. The fraction of sp³-hybridized carbons (Fsp3) is 0. The number of amides is 1. The zero-order valence-electron chi connectivity index (χ0n) is 16.0. The van der Waals surface area contributed by atoms with E-state index in [1.165, 1.54) is 12.1 Å². The maximum atomic E-state index is 12.9. The molecule has 1 amide bonds. The van der Waals surface area contributed by atoms with Crippen LogP contribution in [0.15, 0.2) is 103 Å². The molecule has 5 heteroatoms. The van der Waals surface area contributed by atoms with E-state index in [4.69, 9.17) is 0 Å². The highest BCUT2D eigenvalue weighted by molar-refractivity contribution is 6.08. The van der Waals surface area contributed by atoms with Gasteiger partial charge in [0.25, 0.3) is 11.6 Å². The molecule has 5 nitrogen and oxygen atoms in total. The Labute approximate surface area is 173 Å². The van der Waals surface area contributed by atoms with Crippen molar-refractivity contribution in [1.29, 1.82) is 0 Å². The number of hydrogen-bond acceptors (Lipinski definition) is 3. The third-order valence-electron chi connectivity index (χ3n) is 4.81. The van der Waals surface area contributed by atoms with Crippen molar-refractivity contribution in [3.63, 3.8) is 0 Å². The molecule has 0 aliphatic carbocycles. The van der Waals surface area contributed by atoms with E-state index in [0.717, 1.165) is 22.3 Å². The lowest BCUT2D eigenvalue weighted by molar-refractivity contribution is -0.384. The monoisotopic (exact) mass is 394 g/mol. The number of non-ortho nitro benzene ring substituents is 1. The Hall–Kier alpha value is -4.25. The second-order valence-electron chi connectivity index (χ2n) is 6.75. The minimum atomic E-state index is -0.421. The molecular formula is C25H18N2O3. The van der Waals surface area contributed by atoms with Gasteiger partial charge >= 0.3 is 0 Å². The molecule has 30 heavy (non-hydrogen) atoms. The van der Waals surface area contributed by atoms with Crippen LogP contribution in [0.25, 0.3) is 22.3 Å². The molecule has 0 saturated carbocycles. The van der Waals surface area contributed by atoms with E-state index in [-0.39, 0.29) is 11.6 Å². The molecule has 0 unspecified atom stereocenters.